The van der Waals surface area contributed by atoms with Crippen LogP contribution in [0.4, 0.5) is 5.82 Å². The van der Waals surface area contributed by atoms with Crippen LogP contribution in [0.2, 0.25) is 0 Å². The molecule has 1 aliphatic heterocycles. The quantitative estimate of drug-likeness (QED) is 0.639. The molecule has 6 nitrogen and oxygen atoms in total. The Kier molecular flexibility index (Phi) is 4.52. The van der Waals surface area contributed by atoms with E-state index in [-0.39, 0.29) is 5.75 Å². The second-order valence-electron chi connectivity index (χ2n) is 7.34. The molecule has 0 fully saturated rings. The van der Waals surface area contributed by atoms with E-state index in [1.54, 1.807) is 12.1 Å². The van der Waals surface area contributed by atoms with Crippen LogP contribution in [0.25, 0.3) is 16.8 Å². The molecule has 0 atom stereocenters. The van der Waals surface area contributed by atoms with E-state index in [1.165, 1.54) is 5.56 Å². The van der Waals surface area contributed by atoms with Crippen LogP contribution in [0.3, 0.4) is 0 Å². The monoisotopic (exact) mass is 365 g/mol. The van der Waals surface area contributed by atoms with Crippen LogP contribution >= 0.6 is 0 Å². The van der Waals surface area contributed by atoms with E-state index in [9.17, 15) is 5.11 Å². The van der Waals surface area contributed by atoms with Crippen LogP contribution in [-0.4, -0.2) is 25.7 Å². The van der Waals surface area contributed by atoms with Crippen molar-refractivity contribution in [3.63, 3.8) is 0 Å². The number of rotatable bonds is 5. The predicted octanol–water partition coefficient (Wildman–Crippen LogP) is 3.92. The van der Waals surface area contributed by atoms with Crippen molar-refractivity contribution in [3.05, 3.63) is 40.7 Å². The van der Waals surface area contributed by atoms with Crippen LogP contribution in [0.15, 0.2) is 18.2 Å². The Morgan fingerprint density at radius 3 is 2.70 bits per heavy atom. The molecule has 1 aromatic carbocycles. The second-order valence-corrected chi connectivity index (χ2v) is 7.34. The van der Waals surface area contributed by atoms with E-state index in [0.717, 1.165) is 65.5 Å². The van der Waals surface area contributed by atoms with Crippen molar-refractivity contribution in [3.8, 4) is 16.9 Å². The number of anilines is 1. The molecule has 0 radical (unpaired) electrons. The summed E-state index contributed by atoms with van der Waals surface area (Å²) in [6.07, 6.45) is 2.12. The lowest BCUT2D eigenvalue weighted by Crippen LogP contribution is -2.21. The molecule has 3 N–H and O–H groups in total. The normalized spacial score (nSPS) is 13.5. The van der Waals surface area contributed by atoms with Gasteiger partial charge in [0, 0.05) is 30.3 Å². The maximum atomic E-state index is 9.79. The van der Waals surface area contributed by atoms with Gasteiger partial charge in [-0.2, -0.15) is 9.61 Å². The Morgan fingerprint density at radius 2 is 2.00 bits per heavy atom. The largest absolute Gasteiger partial charge is 0.508 e. The first kappa shape index (κ1) is 17.8. The average molecular weight is 365 g/mol. The van der Waals surface area contributed by atoms with Crippen LogP contribution in [0.1, 0.15) is 49.2 Å². The van der Waals surface area contributed by atoms with Gasteiger partial charge >= 0.3 is 0 Å². The van der Waals surface area contributed by atoms with Crippen molar-refractivity contribution in [2.75, 3.05) is 5.32 Å². The zero-order chi connectivity index (χ0) is 19.1. The minimum Gasteiger partial charge on any atom is -0.508 e. The SMILES string of the molecule is CCC(CC)Nc1c2c(nc3c(-c4ccc(O)cc4C)c(C)nn13)CNC2. The molecule has 1 aliphatic rings. The Morgan fingerprint density at radius 1 is 1.22 bits per heavy atom. The van der Waals surface area contributed by atoms with Gasteiger partial charge in [-0.3, -0.25) is 0 Å². The zero-order valence-electron chi connectivity index (χ0n) is 16.4. The van der Waals surface area contributed by atoms with Gasteiger partial charge in [-0.25, -0.2) is 4.98 Å². The van der Waals surface area contributed by atoms with E-state index < -0.39 is 0 Å². The highest BCUT2D eigenvalue weighted by Crippen LogP contribution is 2.35. The molecule has 6 heteroatoms. The summed E-state index contributed by atoms with van der Waals surface area (Å²) in [5, 5.41) is 21.8. The van der Waals surface area contributed by atoms with E-state index in [1.807, 2.05) is 24.4 Å². The Hall–Kier alpha value is -2.60. The molecule has 4 rings (SSSR count). The predicted molar refractivity (Wildman–Crippen MR) is 108 cm³/mol. The fourth-order valence-electron chi connectivity index (χ4n) is 3.95. The first-order chi connectivity index (χ1) is 13.0. The summed E-state index contributed by atoms with van der Waals surface area (Å²) < 4.78 is 1.97. The van der Waals surface area contributed by atoms with Crippen molar-refractivity contribution < 1.29 is 5.11 Å². The highest BCUT2D eigenvalue weighted by molar-refractivity contribution is 5.83. The number of aromatic nitrogens is 3. The topological polar surface area (TPSA) is 74.5 Å². The Labute approximate surface area is 159 Å². The minimum atomic E-state index is 0.277. The summed E-state index contributed by atoms with van der Waals surface area (Å²) in [4.78, 5) is 4.97. The van der Waals surface area contributed by atoms with Gasteiger partial charge in [0.15, 0.2) is 5.65 Å². The summed E-state index contributed by atoms with van der Waals surface area (Å²) in [5.74, 6) is 1.33. The number of phenolic OH excluding ortho intramolecular Hbond substituents is 1. The molecular weight excluding hydrogens is 338 g/mol. The molecule has 2 aromatic heterocycles. The van der Waals surface area contributed by atoms with Crippen molar-refractivity contribution in [1.82, 2.24) is 19.9 Å². The average Bonchev–Trinajstić information content (AvgIpc) is 3.23. The minimum absolute atomic E-state index is 0.277. The molecule has 3 heterocycles. The first-order valence-electron chi connectivity index (χ1n) is 9.71. The van der Waals surface area contributed by atoms with Gasteiger partial charge in [0.2, 0.25) is 0 Å². The highest BCUT2D eigenvalue weighted by atomic mass is 16.3. The van der Waals surface area contributed by atoms with Gasteiger partial charge in [-0.1, -0.05) is 19.9 Å². The van der Waals surface area contributed by atoms with Crippen molar-refractivity contribution in [2.45, 2.75) is 59.7 Å². The number of nitrogens with one attached hydrogen (secondary N) is 2. The lowest BCUT2D eigenvalue weighted by Gasteiger charge is -2.19. The van der Waals surface area contributed by atoms with Crippen LogP contribution in [-0.2, 0) is 13.1 Å². The number of hydrogen-bond acceptors (Lipinski definition) is 5. The molecule has 3 aromatic rings. The number of hydrogen-bond donors (Lipinski definition) is 3. The first-order valence-corrected chi connectivity index (χ1v) is 9.71. The number of fused-ring (bicyclic) bond motifs is 2. The van der Waals surface area contributed by atoms with E-state index in [2.05, 4.69) is 24.5 Å². The van der Waals surface area contributed by atoms with Gasteiger partial charge in [0.05, 0.1) is 11.4 Å². The van der Waals surface area contributed by atoms with Gasteiger partial charge < -0.3 is 15.7 Å². The fraction of sp³-hybridized carbons (Fsp3) is 0.429. The van der Waals surface area contributed by atoms with E-state index in [4.69, 9.17) is 10.1 Å². The zero-order valence-corrected chi connectivity index (χ0v) is 16.4. The summed E-state index contributed by atoms with van der Waals surface area (Å²) in [6, 6.07) is 5.87. The molecule has 0 saturated carbocycles. The molecule has 0 aliphatic carbocycles. The van der Waals surface area contributed by atoms with Gasteiger partial charge in [-0.15, -0.1) is 0 Å². The molecule has 0 spiro atoms. The Bertz CT molecular complexity index is 1000. The summed E-state index contributed by atoms with van der Waals surface area (Å²) in [6.45, 7) is 10.0. The van der Waals surface area contributed by atoms with E-state index in [0.29, 0.717) is 6.04 Å². The second kappa shape index (κ2) is 6.85. The third-order valence-electron chi connectivity index (χ3n) is 5.52. The van der Waals surface area contributed by atoms with Crippen LogP contribution < -0.4 is 10.6 Å². The molecule has 0 amide bonds. The van der Waals surface area contributed by atoms with Gasteiger partial charge in [-0.05, 0) is 49.9 Å². The van der Waals surface area contributed by atoms with Crippen molar-refractivity contribution in [1.29, 1.82) is 0 Å². The Balaban J connectivity index is 1.97. The van der Waals surface area contributed by atoms with E-state index >= 15 is 0 Å². The summed E-state index contributed by atoms with van der Waals surface area (Å²) >= 11 is 0. The maximum absolute atomic E-state index is 9.79. The summed E-state index contributed by atoms with van der Waals surface area (Å²) in [7, 11) is 0. The number of nitrogens with zero attached hydrogens (tertiary/aromatic N) is 3. The molecule has 0 bridgehead atoms. The van der Waals surface area contributed by atoms with Crippen molar-refractivity contribution in [2.24, 2.45) is 0 Å². The highest BCUT2D eigenvalue weighted by Gasteiger charge is 2.25. The summed E-state index contributed by atoms with van der Waals surface area (Å²) in [5.41, 5.74) is 7.24. The molecule has 0 unspecified atom stereocenters. The molecule has 0 saturated heterocycles. The van der Waals surface area contributed by atoms with Gasteiger partial charge in [0.1, 0.15) is 11.6 Å². The third-order valence-corrected chi connectivity index (χ3v) is 5.52. The fourth-order valence-corrected chi connectivity index (χ4v) is 3.95. The van der Waals surface area contributed by atoms with Crippen LogP contribution in [0.5, 0.6) is 5.75 Å². The lowest BCUT2D eigenvalue weighted by molar-refractivity contribution is 0.475. The number of aryl methyl sites for hydroxylation is 2. The number of phenols is 1. The van der Waals surface area contributed by atoms with Crippen LogP contribution in [0, 0.1) is 13.8 Å². The smallest absolute Gasteiger partial charge is 0.165 e. The molecule has 142 valence electrons. The maximum Gasteiger partial charge on any atom is 0.165 e. The molecule has 27 heavy (non-hydrogen) atoms. The number of aromatic hydroxyl groups is 1. The van der Waals surface area contributed by atoms with Gasteiger partial charge in [0.25, 0.3) is 0 Å². The number of benzene rings is 1. The molecular formula is C21H27N5O. The van der Waals surface area contributed by atoms with Crippen molar-refractivity contribution >= 4 is 11.5 Å². The standard InChI is InChI=1S/C21H27N5O/c1-5-14(6-2)23-20-17-10-22-11-18(17)24-21-19(13(4)25-26(20)21)16-8-7-15(27)9-12(16)3/h7-9,14,22-23,27H,5-6,10-11H2,1-4H3. The lowest BCUT2D eigenvalue weighted by atomic mass is 10.0. The third kappa shape index (κ3) is 2.94.